The Hall–Kier alpha value is -2.74. The lowest BCUT2D eigenvalue weighted by atomic mass is 10.2. The van der Waals surface area contributed by atoms with Crippen LogP contribution in [0.15, 0.2) is 76.8 Å². The zero-order chi connectivity index (χ0) is 21.3. The highest BCUT2D eigenvalue weighted by atomic mass is 35.5. The van der Waals surface area contributed by atoms with Crippen molar-refractivity contribution in [3.05, 3.63) is 88.0 Å². The van der Waals surface area contributed by atoms with Crippen molar-refractivity contribution >= 4 is 48.8 Å². The van der Waals surface area contributed by atoms with E-state index in [1.807, 2.05) is 19.1 Å². The Bertz CT molecular complexity index is 1310. The van der Waals surface area contributed by atoms with Crippen molar-refractivity contribution in [2.75, 3.05) is 0 Å². The number of carbonyl (C=O) groups excluding carboxylic acids is 1. The lowest BCUT2D eigenvalue weighted by molar-refractivity contribution is 0.0955. The molecule has 0 saturated carbocycles. The number of benzene rings is 2. The van der Waals surface area contributed by atoms with E-state index in [0.29, 0.717) is 16.4 Å². The number of sulfone groups is 1. The quantitative estimate of drug-likeness (QED) is 0.457. The van der Waals surface area contributed by atoms with Crippen molar-refractivity contribution in [1.82, 2.24) is 10.3 Å². The van der Waals surface area contributed by atoms with Gasteiger partial charge in [0.25, 0.3) is 5.91 Å². The Balaban J connectivity index is 1.46. The lowest BCUT2D eigenvalue weighted by Gasteiger charge is -2.08. The number of nitrogens with zero attached hydrogens (tertiary/aromatic N) is 1. The van der Waals surface area contributed by atoms with Crippen molar-refractivity contribution in [3.8, 4) is 0 Å². The highest BCUT2D eigenvalue weighted by Crippen LogP contribution is 2.26. The zero-order valence-corrected chi connectivity index (χ0v) is 18.3. The number of halogens is 1. The molecule has 1 N–H and O–H groups in total. The van der Waals surface area contributed by atoms with Gasteiger partial charge >= 0.3 is 0 Å². The van der Waals surface area contributed by atoms with E-state index in [-0.39, 0.29) is 15.7 Å². The Labute approximate surface area is 183 Å². The summed E-state index contributed by atoms with van der Waals surface area (Å²) in [6, 6.07) is 14.8. The van der Waals surface area contributed by atoms with Gasteiger partial charge in [-0.25, -0.2) is 8.42 Å². The summed E-state index contributed by atoms with van der Waals surface area (Å²) < 4.78 is 26.6. The third-order valence-electron chi connectivity index (χ3n) is 4.69. The van der Waals surface area contributed by atoms with Crippen LogP contribution in [0.25, 0.3) is 10.1 Å². The highest BCUT2D eigenvalue weighted by Gasteiger charge is 2.18. The van der Waals surface area contributed by atoms with Crippen molar-refractivity contribution < 1.29 is 13.2 Å². The number of aromatic nitrogens is 1. The van der Waals surface area contributed by atoms with E-state index < -0.39 is 9.84 Å². The normalized spacial score (nSPS) is 11.5. The summed E-state index contributed by atoms with van der Waals surface area (Å²) in [5.74, 6) is -0.179. The molecule has 0 saturated heterocycles. The smallest absolute Gasteiger partial charge is 0.261 e. The van der Waals surface area contributed by atoms with Crippen LogP contribution in [0.4, 0.5) is 0 Å². The second-order valence-electron chi connectivity index (χ2n) is 6.77. The summed E-state index contributed by atoms with van der Waals surface area (Å²) >= 11 is 7.45. The maximum absolute atomic E-state index is 12.8. The van der Waals surface area contributed by atoms with Crippen LogP contribution in [-0.4, -0.2) is 19.3 Å². The summed E-state index contributed by atoms with van der Waals surface area (Å²) in [7, 11) is -3.66. The molecule has 0 radical (unpaired) electrons. The van der Waals surface area contributed by atoms with E-state index in [1.165, 1.54) is 29.5 Å². The van der Waals surface area contributed by atoms with E-state index in [1.54, 1.807) is 36.7 Å². The number of rotatable bonds is 5. The van der Waals surface area contributed by atoms with Gasteiger partial charge in [-0.3, -0.25) is 9.78 Å². The van der Waals surface area contributed by atoms with Crippen molar-refractivity contribution in [3.63, 3.8) is 0 Å². The van der Waals surface area contributed by atoms with Crippen molar-refractivity contribution in [2.45, 2.75) is 23.3 Å². The average molecular weight is 457 g/mol. The average Bonchev–Trinajstić information content (AvgIpc) is 3.18. The first kappa shape index (κ1) is 20.5. The molecule has 0 spiro atoms. The molecule has 4 rings (SSSR count). The topological polar surface area (TPSA) is 76.1 Å². The van der Waals surface area contributed by atoms with Crippen LogP contribution in [0.3, 0.4) is 0 Å². The van der Waals surface area contributed by atoms with Gasteiger partial charge in [0.05, 0.1) is 19.4 Å². The van der Waals surface area contributed by atoms with E-state index in [4.69, 9.17) is 11.6 Å². The molecule has 30 heavy (non-hydrogen) atoms. The molecule has 152 valence electrons. The number of amides is 1. The third kappa shape index (κ3) is 4.09. The molecule has 2 aromatic heterocycles. The minimum atomic E-state index is -3.66. The molecule has 0 aliphatic heterocycles. The van der Waals surface area contributed by atoms with Gasteiger partial charge in [0, 0.05) is 24.0 Å². The second-order valence-corrected chi connectivity index (χ2v) is 10.2. The standard InChI is InChI=1S/C22H17ClN2O3S2/c1-14-2-5-18(11-19(14)23)30(27,28)17-6-3-15(4-7-17)12-25-22(26)20-10-16-8-9-24-13-21(16)29-20/h2-11,13H,12H2,1H3,(H,25,26). The van der Waals surface area contributed by atoms with Gasteiger partial charge in [0.1, 0.15) is 0 Å². The number of carbonyl (C=O) groups is 1. The van der Waals surface area contributed by atoms with E-state index >= 15 is 0 Å². The van der Waals surface area contributed by atoms with Gasteiger partial charge in [-0.15, -0.1) is 11.3 Å². The largest absolute Gasteiger partial charge is 0.347 e. The third-order valence-corrected chi connectivity index (χ3v) is 7.95. The van der Waals surface area contributed by atoms with Gasteiger partial charge in [-0.05, 0) is 59.8 Å². The summed E-state index contributed by atoms with van der Waals surface area (Å²) in [6.45, 7) is 2.11. The van der Waals surface area contributed by atoms with Crippen molar-refractivity contribution in [1.29, 1.82) is 0 Å². The van der Waals surface area contributed by atoms with Gasteiger partial charge < -0.3 is 5.32 Å². The van der Waals surface area contributed by atoms with Crippen molar-refractivity contribution in [2.24, 2.45) is 0 Å². The molecular weight excluding hydrogens is 440 g/mol. The molecule has 5 nitrogen and oxygen atoms in total. The Kier molecular flexibility index (Phi) is 5.60. The molecule has 4 aromatic rings. The first-order valence-electron chi connectivity index (χ1n) is 9.06. The maximum atomic E-state index is 12.8. The zero-order valence-electron chi connectivity index (χ0n) is 15.9. The van der Waals surface area contributed by atoms with Crippen LogP contribution in [-0.2, 0) is 16.4 Å². The summed E-state index contributed by atoms with van der Waals surface area (Å²) in [6.07, 6.45) is 3.42. The molecule has 0 aliphatic rings. The molecule has 0 atom stereocenters. The number of fused-ring (bicyclic) bond motifs is 1. The number of aryl methyl sites for hydroxylation is 1. The number of hydrogen-bond donors (Lipinski definition) is 1. The molecule has 1 amide bonds. The molecule has 2 heterocycles. The van der Waals surface area contributed by atoms with Crippen LogP contribution in [0.2, 0.25) is 5.02 Å². The molecule has 8 heteroatoms. The summed E-state index contributed by atoms with van der Waals surface area (Å²) in [5, 5.41) is 4.25. The molecule has 0 aliphatic carbocycles. The predicted octanol–water partition coefficient (Wildman–Crippen LogP) is 5.02. The van der Waals surface area contributed by atoms with Gasteiger partial charge in [0.15, 0.2) is 0 Å². The monoisotopic (exact) mass is 456 g/mol. The van der Waals surface area contributed by atoms with Crippen LogP contribution in [0.1, 0.15) is 20.8 Å². The Morgan fingerprint density at radius 1 is 1.07 bits per heavy atom. The highest BCUT2D eigenvalue weighted by molar-refractivity contribution is 7.91. The van der Waals surface area contributed by atoms with Crippen LogP contribution in [0, 0.1) is 6.92 Å². The molecule has 0 bridgehead atoms. The first-order chi connectivity index (χ1) is 14.3. The fraction of sp³-hybridized carbons (Fsp3) is 0.0909. The van der Waals surface area contributed by atoms with E-state index in [0.717, 1.165) is 21.2 Å². The maximum Gasteiger partial charge on any atom is 0.261 e. The van der Waals surface area contributed by atoms with E-state index in [9.17, 15) is 13.2 Å². The fourth-order valence-corrected chi connectivity index (χ4v) is 5.41. The second kappa shape index (κ2) is 8.18. The summed E-state index contributed by atoms with van der Waals surface area (Å²) in [4.78, 5) is 17.4. The number of pyridine rings is 1. The van der Waals surface area contributed by atoms with E-state index in [2.05, 4.69) is 10.3 Å². The number of nitrogens with one attached hydrogen (secondary N) is 1. The van der Waals surface area contributed by atoms with Gasteiger partial charge in [-0.1, -0.05) is 29.8 Å². The minimum Gasteiger partial charge on any atom is -0.347 e. The van der Waals surface area contributed by atoms with Crippen LogP contribution < -0.4 is 5.32 Å². The molecule has 0 fully saturated rings. The van der Waals surface area contributed by atoms with Crippen LogP contribution in [0.5, 0.6) is 0 Å². The fourth-order valence-electron chi connectivity index (χ4n) is 2.93. The molecule has 2 aromatic carbocycles. The minimum absolute atomic E-state index is 0.151. The Morgan fingerprint density at radius 2 is 1.80 bits per heavy atom. The number of thiophene rings is 1. The van der Waals surface area contributed by atoms with Gasteiger partial charge in [0.2, 0.25) is 9.84 Å². The SMILES string of the molecule is Cc1ccc(S(=O)(=O)c2ccc(CNC(=O)c3cc4ccncc4s3)cc2)cc1Cl. The Morgan fingerprint density at radius 3 is 2.50 bits per heavy atom. The molecule has 0 unspecified atom stereocenters. The number of hydrogen-bond acceptors (Lipinski definition) is 5. The molecular formula is C22H17ClN2O3S2. The first-order valence-corrected chi connectivity index (χ1v) is 11.7. The summed E-state index contributed by atoms with van der Waals surface area (Å²) in [5.41, 5.74) is 1.61. The lowest BCUT2D eigenvalue weighted by Crippen LogP contribution is -2.21. The predicted molar refractivity (Wildman–Crippen MR) is 119 cm³/mol. The van der Waals surface area contributed by atoms with Gasteiger partial charge in [-0.2, -0.15) is 0 Å². The van der Waals surface area contributed by atoms with Crippen LogP contribution >= 0.6 is 22.9 Å².